The standard InChI is InChI=1S/C8H16Cl2O3/c9-5-1-3-7(11)13-8(12)4-2-6-10/h7-8,11-12H,1-6H2. The Morgan fingerprint density at radius 1 is 0.923 bits per heavy atom. The zero-order valence-corrected chi connectivity index (χ0v) is 8.97. The van der Waals surface area contributed by atoms with Gasteiger partial charge in [-0.2, -0.15) is 0 Å². The molecule has 0 heterocycles. The topological polar surface area (TPSA) is 49.7 Å². The highest BCUT2D eigenvalue weighted by atomic mass is 35.5. The van der Waals surface area contributed by atoms with Crippen molar-refractivity contribution in [2.24, 2.45) is 0 Å². The van der Waals surface area contributed by atoms with Crippen molar-refractivity contribution >= 4 is 23.2 Å². The number of alkyl halides is 2. The van der Waals surface area contributed by atoms with Gasteiger partial charge in [0, 0.05) is 11.8 Å². The van der Waals surface area contributed by atoms with Crippen molar-refractivity contribution in [3.63, 3.8) is 0 Å². The third-order valence-corrected chi connectivity index (χ3v) is 2.02. The van der Waals surface area contributed by atoms with E-state index in [9.17, 15) is 10.2 Å². The van der Waals surface area contributed by atoms with E-state index in [1.54, 1.807) is 0 Å². The maximum Gasteiger partial charge on any atom is 0.157 e. The average Bonchev–Trinajstić information content (AvgIpc) is 2.11. The zero-order chi connectivity index (χ0) is 10.1. The molecular formula is C8H16Cl2O3. The Labute approximate surface area is 88.6 Å². The molecule has 0 aromatic heterocycles. The van der Waals surface area contributed by atoms with Gasteiger partial charge in [-0.3, -0.25) is 0 Å². The number of rotatable bonds is 8. The second kappa shape index (κ2) is 9.03. The second-order valence-corrected chi connectivity index (χ2v) is 3.46. The van der Waals surface area contributed by atoms with Crippen molar-refractivity contribution in [3.05, 3.63) is 0 Å². The monoisotopic (exact) mass is 230 g/mol. The summed E-state index contributed by atoms with van der Waals surface area (Å²) in [4.78, 5) is 0. The fourth-order valence-electron chi connectivity index (χ4n) is 0.821. The minimum atomic E-state index is -0.927. The lowest BCUT2D eigenvalue weighted by molar-refractivity contribution is -0.211. The maximum absolute atomic E-state index is 9.18. The number of halogens is 2. The van der Waals surface area contributed by atoms with Gasteiger partial charge in [-0.1, -0.05) is 0 Å². The molecule has 0 aromatic rings. The van der Waals surface area contributed by atoms with Gasteiger partial charge in [-0.25, -0.2) is 0 Å². The van der Waals surface area contributed by atoms with Gasteiger partial charge < -0.3 is 14.9 Å². The Bertz CT molecular complexity index is 102. The van der Waals surface area contributed by atoms with E-state index >= 15 is 0 Å². The Hall–Kier alpha value is 0.460. The molecule has 3 nitrogen and oxygen atoms in total. The van der Waals surface area contributed by atoms with Gasteiger partial charge in [0.1, 0.15) is 0 Å². The van der Waals surface area contributed by atoms with Gasteiger partial charge in [0.2, 0.25) is 0 Å². The molecule has 2 unspecified atom stereocenters. The Morgan fingerprint density at radius 3 is 1.62 bits per heavy atom. The van der Waals surface area contributed by atoms with Crippen molar-refractivity contribution in [3.8, 4) is 0 Å². The smallest absolute Gasteiger partial charge is 0.157 e. The number of ether oxygens (including phenoxy) is 1. The molecule has 80 valence electrons. The first kappa shape index (κ1) is 13.5. The van der Waals surface area contributed by atoms with Crippen LogP contribution in [0.3, 0.4) is 0 Å². The molecule has 0 saturated carbocycles. The minimum absolute atomic E-state index is 0.446. The van der Waals surface area contributed by atoms with Gasteiger partial charge in [-0.05, 0) is 25.7 Å². The Kier molecular flexibility index (Phi) is 9.35. The fraction of sp³-hybridized carbons (Fsp3) is 1.00. The molecule has 2 N–H and O–H groups in total. The molecule has 13 heavy (non-hydrogen) atoms. The molecule has 0 fully saturated rings. The van der Waals surface area contributed by atoms with Crippen molar-refractivity contribution in [1.29, 1.82) is 0 Å². The first-order valence-corrected chi connectivity index (χ1v) is 5.41. The normalized spacial score (nSPS) is 15.7. The molecule has 0 spiro atoms. The SMILES string of the molecule is OC(CCCCl)OC(O)CCCCl. The maximum atomic E-state index is 9.18. The predicted molar refractivity (Wildman–Crippen MR) is 53.0 cm³/mol. The van der Waals surface area contributed by atoms with Crippen LogP contribution >= 0.6 is 23.2 Å². The van der Waals surface area contributed by atoms with E-state index in [1.807, 2.05) is 0 Å². The first-order valence-electron chi connectivity index (χ1n) is 4.34. The van der Waals surface area contributed by atoms with Crippen molar-refractivity contribution in [2.45, 2.75) is 38.3 Å². The third kappa shape index (κ3) is 8.78. The highest BCUT2D eigenvalue weighted by molar-refractivity contribution is 6.18. The van der Waals surface area contributed by atoms with Crippen LogP contribution < -0.4 is 0 Å². The predicted octanol–water partition coefficient (Wildman–Crippen LogP) is 1.68. The van der Waals surface area contributed by atoms with E-state index in [1.165, 1.54) is 0 Å². The molecule has 0 amide bonds. The largest absolute Gasteiger partial charge is 0.368 e. The third-order valence-electron chi connectivity index (χ3n) is 1.48. The Morgan fingerprint density at radius 2 is 1.31 bits per heavy atom. The summed E-state index contributed by atoms with van der Waals surface area (Å²) in [5, 5.41) is 18.4. The van der Waals surface area contributed by atoms with Crippen molar-refractivity contribution in [2.75, 3.05) is 11.8 Å². The first-order chi connectivity index (χ1) is 6.20. The molecule has 0 rings (SSSR count). The fourth-order valence-corrected chi connectivity index (χ4v) is 1.13. The molecule has 2 atom stereocenters. The van der Waals surface area contributed by atoms with Crippen molar-refractivity contribution < 1.29 is 14.9 Å². The van der Waals surface area contributed by atoms with Gasteiger partial charge in [0.25, 0.3) is 0 Å². The Balaban J connectivity index is 3.35. The molecule has 0 aliphatic carbocycles. The molecule has 0 bridgehead atoms. The summed E-state index contributed by atoms with van der Waals surface area (Å²) in [6.45, 7) is 0. The number of hydrogen-bond donors (Lipinski definition) is 2. The summed E-state index contributed by atoms with van der Waals surface area (Å²) in [7, 11) is 0. The van der Waals surface area contributed by atoms with Crippen molar-refractivity contribution in [1.82, 2.24) is 0 Å². The number of hydrogen-bond acceptors (Lipinski definition) is 3. The van der Waals surface area contributed by atoms with E-state index in [0.717, 1.165) is 0 Å². The molecule has 5 heteroatoms. The van der Waals surface area contributed by atoms with Crippen LogP contribution in [0.4, 0.5) is 0 Å². The summed E-state index contributed by atoms with van der Waals surface area (Å²) in [5.74, 6) is 0.969. The summed E-state index contributed by atoms with van der Waals surface area (Å²) in [6.07, 6.45) is 0.381. The van der Waals surface area contributed by atoms with Gasteiger partial charge in [0.15, 0.2) is 12.6 Å². The zero-order valence-electron chi connectivity index (χ0n) is 7.46. The van der Waals surface area contributed by atoms with Gasteiger partial charge >= 0.3 is 0 Å². The lowest BCUT2D eigenvalue weighted by Gasteiger charge is -2.16. The highest BCUT2D eigenvalue weighted by Crippen LogP contribution is 2.07. The van der Waals surface area contributed by atoms with Crippen LogP contribution in [0.25, 0.3) is 0 Å². The van der Waals surface area contributed by atoms with E-state index < -0.39 is 12.6 Å². The van der Waals surface area contributed by atoms with Crippen LogP contribution in [0.2, 0.25) is 0 Å². The lowest BCUT2D eigenvalue weighted by atomic mass is 10.3. The summed E-state index contributed by atoms with van der Waals surface area (Å²) < 4.78 is 4.85. The summed E-state index contributed by atoms with van der Waals surface area (Å²) in [5.41, 5.74) is 0. The van der Waals surface area contributed by atoms with E-state index in [2.05, 4.69) is 0 Å². The van der Waals surface area contributed by atoms with Crippen LogP contribution in [0, 0.1) is 0 Å². The number of aliphatic hydroxyl groups excluding tert-OH is 2. The molecule has 0 aliphatic rings. The minimum Gasteiger partial charge on any atom is -0.368 e. The molecule has 0 radical (unpaired) electrons. The molecule has 0 saturated heterocycles. The van der Waals surface area contributed by atoms with Gasteiger partial charge in [-0.15, -0.1) is 23.2 Å². The van der Waals surface area contributed by atoms with Crippen LogP contribution in [0.1, 0.15) is 25.7 Å². The summed E-state index contributed by atoms with van der Waals surface area (Å²) in [6, 6.07) is 0. The van der Waals surface area contributed by atoms with Crippen LogP contribution in [-0.4, -0.2) is 34.6 Å². The molecular weight excluding hydrogens is 215 g/mol. The van der Waals surface area contributed by atoms with E-state index in [0.29, 0.717) is 37.4 Å². The quantitative estimate of drug-likeness (QED) is 0.493. The number of aliphatic hydroxyl groups is 2. The van der Waals surface area contributed by atoms with E-state index in [-0.39, 0.29) is 0 Å². The van der Waals surface area contributed by atoms with Crippen LogP contribution in [-0.2, 0) is 4.74 Å². The van der Waals surface area contributed by atoms with E-state index in [4.69, 9.17) is 27.9 Å². The second-order valence-electron chi connectivity index (χ2n) is 2.71. The van der Waals surface area contributed by atoms with Crippen LogP contribution in [0.5, 0.6) is 0 Å². The van der Waals surface area contributed by atoms with Gasteiger partial charge in [0.05, 0.1) is 0 Å². The highest BCUT2D eigenvalue weighted by Gasteiger charge is 2.10. The summed E-state index contributed by atoms with van der Waals surface area (Å²) >= 11 is 10.8. The molecule has 0 aromatic carbocycles. The molecule has 0 aliphatic heterocycles. The average molecular weight is 231 g/mol. The lowest BCUT2D eigenvalue weighted by Crippen LogP contribution is -2.21. The van der Waals surface area contributed by atoms with Crippen LogP contribution in [0.15, 0.2) is 0 Å².